The van der Waals surface area contributed by atoms with Crippen LogP contribution in [0.1, 0.15) is 18.3 Å². The largest absolute Gasteiger partial charge is 0.336 e. The highest BCUT2D eigenvalue weighted by Crippen LogP contribution is 2.35. The van der Waals surface area contributed by atoms with Crippen LogP contribution in [0.2, 0.25) is 5.15 Å². The highest BCUT2D eigenvalue weighted by atomic mass is 35.5. The Morgan fingerprint density at radius 3 is 2.84 bits per heavy atom. The minimum atomic E-state index is -1.63. The van der Waals surface area contributed by atoms with Gasteiger partial charge in [0.1, 0.15) is 5.15 Å². The van der Waals surface area contributed by atoms with Crippen LogP contribution < -0.4 is 0 Å². The van der Waals surface area contributed by atoms with Gasteiger partial charge in [0.15, 0.2) is 11.5 Å². The maximum absolute atomic E-state index is 15.0. The molecule has 1 aliphatic heterocycles. The zero-order valence-corrected chi connectivity index (χ0v) is 14.5. The molecule has 1 aliphatic rings. The number of carbonyl (C=O) groups excluding carboxylic acids is 1. The molecule has 0 atom stereocenters. The van der Waals surface area contributed by atoms with Crippen molar-refractivity contribution in [2.24, 2.45) is 0 Å². The SMILES string of the molecule is CC(=O)N1CC(F)(c2cccc(-n3nc(C)c4cnc(Cl)cc43)n2)C1. The predicted molar refractivity (Wildman–Crippen MR) is 91.4 cm³/mol. The van der Waals surface area contributed by atoms with Gasteiger partial charge in [-0.3, -0.25) is 4.79 Å². The average Bonchev–Trinajstić information content (AvgIpc) is 2.88. The van der Waals surface area contributed by atoms with Crippen molar-refractivity contribution in [2.75, 3.05) is 13.1 Å². The molecule has 1 amide bonds. The van der Waals surface area contributed by atoms with Crippen LogP contribution in [0.25, 0.3) is 16.7 Å². The molecule has 128 valence electrons. The molecule has 4 rings (SSSR count). The number of alkyl halides is 1. The summed E-state index contributed by atoms with van der Waals surface area (Å²) >= 11 is 6.00. The van der Waals surface area contributed by atoms with Gasteiger partial charge in [0.25, 0.3) is 0 Å². The molecule has 0 aliphatic carbocycles. The lowest BCUT2D eigenvalue weighted by Gasteiger charge is -2.43. The third-order valence-electron chi connectivity index (χ3n) is 4.46. The molecule has 0 aromatic carbocycles. The van der Waals surface area contributed by atoms with Gasteiger partial charge in [-0.25, -0.2) is 19.0 Å². The Morgan fingerprint density at radius 1 is 1.36 bits per heavy atom. The quantitative estimate of drug-likeness (QED) is 0.660. The van der Waals surface area contributed by atoms with Crippen LogP contribution in [0.5, 0.6) is 0 Å². The van der Waals surface area contributed by atoms with E-state index in [1.165, 1.54) is 11.8 Å². The standard InChI is InChI=1S/C17H15ClFN5O/c1-10-12-7-20-15(18)6-13(12)24(22-10)16-5-3-4-14(21-16)17(19)8-23(9-17)11(2)25/h3-7H,8-9H2,1-2H3. The van der Waals surface area contributed by atoms with Gasteiger partial charge < -0.3 is 4.90 Å². The van der Waals surface area contributed by atoms with Crippen molar-refractivity contribution < 1.29 is 9.18 Å². The number of hydrogen-bond donors (Lipinski definition) is 0. The molecule has 25 heavy (non-hydrogen) atoms. The first-order chi connectivity index (χ1) is 11.9. The number of aryl methyl sites for hydroxylation is 1. The molecule has 0 N–H and O–H groups in total. The summed E-state index contributed by atoms with van der Waals surface area (Å²) in [5.41, 5.74) is 0.213. The second-order valence-corrected chi connectivity index (χ2v) is 6.63. The molecular weight excluding hydrogens is 345 g/mol. The average molecular weight is 360 g/mol. The summed E-state index contributed by atoms with van der Waals surface area (Å²) in [6.45, 7) is 3.34. The molecule has 0 saturated carbocycles. The van der Waals surface area contributed by atoms with Gasteiger partial charge in [-0.1, -0.05) is 17.7 Å². The maximum Gasteiger partial charge on any atom is 0.219 e. The van der Waals surface area contributed by atoms with Crippen LogP contribution in [0.15, 0.2) is 30.5 Å². The number of pyridine rings is 2. The Bertz CT molecular complexity index is 996. The van der Waals surface area contributed by atoms with Crippen LogP contribution in [-0.4, -0.2) is 43.6 Å². The molecule has 3 aromatic rings. The van der Waals surface area contributed by atoms with Gasteiger partial charge in [0.2, 0.25) is 5.91 Å². The minimum Gasteiger partial charge on any atom is -0.336 e. The second kappa shape index (κ2) is 5.49. The van der Waals surface area contributed by atoms with Gasteiger partial charge in [-0.05, 0) is 19.1 Å². The van der Waals surface area contributed by atoms with E-state index in [4.69, 9.17) is 11.6 Å². The van der Waals surface area contributed by atoms with Crippen molar-refractivity contribution in [3.63, 3.8) is 0 Å². The summed E-state index contributed by atoms with van der Waals surface area (Å²) in [6, 6.07) is 6.83. The number of carbonyl (C=O) groups is 1. The molecule has 0 bridgehead atoms. The van der Waals surface area contributed by atoms with E-state index in [9.17, 15) is 4.79 Å². The predicted octanol–water partition coefficient (Wildman–Crippen LogP) is 2.80. The highest BCUT2D eigenvalue weighted by Gasteiger charge is 2.47. The molecule has 4 heterocycles. The zero-order valence-electron chi connectivity index (χ0n) is 13.7. The molecule has 1 fully saturated rings. The Hall–Kier alpha value is -2.54. The highest BCUT2D eigenvalue weighted by molar-refractivity contribution is 6.30. The van der Waals surface area contributed by atoms with E-state index in [0.717, 1.165) is 16.6 Å². The normalized spacial score (nSPS) is 16.1. The number of hydrogen-bond acceptors (Lipinski definition) is 4. The number of halogens is 2. The first kappa shape index (κ1) is 16.0. The summed E-state index contributed by atoms with van der Waals surface area (Å²) in [6.07, 6.45) is 1.66. The van der Waals surface area contributed by atoms with E-state index in [0.29, 0.717) is 16.7 Å². The first-order valence-corrected chi connectivity index (χ1v) is 8.18. The van der Waals surface area contributed by atoms with E-state index in [1.807, 2.05) is 6.92 Å². The van der Waals surface area contributed by atoms with Crippen molar-refractivity contribution in [1.29, 1.82) is 0 Å². The third-order valence-corrected chi connectivity index (χ3v) is 4.66. The molecular formula is C17H15ClFN5O. The van der Waals surface area contributed by atoms with Crippen LogP contribution in [0.4, 0.5) is 4.39 Å². The van der Waals surface area contributed by atoms with Gasteiger partial charge in [-0.15, -0.1) is 0 Å². The van der Waals surface area contributed by atoms with E-state index in [1.54, 1.807) is 35.1 Å². The molecule has 0 spiro atoms. The number of aromatic nitrogens is 4. The van der Waals surface area contributed by atoms with Crippen LogP contribution >= 0.6 is 11.6 Å². The number of likely N-dealkylation sites (tertiary alicyclic amines) is 1. The Balaban J connectivity index is 1.76. The number of fused-ring (bicyclic) bond motifs is 1. The van der Waals surface area contributed by atoms with Crippen molar-refractivity contribution in [3.8, 4) is 5.82 Å². The van der Waals surface area contributed by atoms with Crippen molar-refractivity contribution >= 4 is 28.4 Å². The fourth-order valence-electron chi connectivity index (χ4n) is 3.04. The minimum absolute atomic E-state index is 0.0212. The second-order valence-electron chi connectivity index (χ2n) is 6.24. The summed E-state index contributed by atoms with van der Waals surface area (Å²) in [5, 5.41) is 5.69. The van der Waals surface area contributed by atoms with Gasteiger partial charge in [0, 0.05) is 24.6 Å². The summed E-state index contributed by atoms with van der Waals surface area (Å²) in [4.78, 5) is 21.3. The Kier molecular flexibility index (Phi) is 3.50. The van der Waals surface area contributed by atoms with Crippen LogP contribution in [0.3, 0.4) is 0 Å². The zero-order chi connectivity index (χ0) is 17.8. The van der Waals surface area contributed by atoms with E-state index in [-0.39, 0.29) is 19.0 Å². The number of rotatable bonds is 2. The fraction of sp³-hybridized carbons (Fsp3) is 0.294. The smallest absolute Gasteiger partial charge is 0.219 e. The van der Waals surface area contributed by atoms with Crippen LogP contribution in [-0.2, 0) is 10.5 Å². The monoisotopic (exact) mass is 359 g/mol. The molecule has 1 saturated heterocycles. The van der Waals surface area contributed by atoms with Gasteiger partial charge in [-0.2, -0.15) is 5.10 Å². The number of nitrogens with zero attached hydrogens (tertiary/aromatic N) is 5. The van der Waals surface area contributed by atoms with Crippen LogP contribution in [0, 0.1) is 6.92 Å². The lowest BCUT2D eigenvalue weighted by atomic mass is 9.92. The van der Waals surface area contributed by atoms with Crippen molar-refractivity contribution in [3.05, 3.63) is 47.0 Å². The fourth-order valence-corrected chi connectivity index (χ4v) is 3.19. The molecule has 8 heteroatoms. The topological polar surface area (TPSA) is 63.9 Å². The molecule has 0 unspecified atom stereocenters. The Labute approximate surface area is 148 Å². The van der Waals surface area contributed by atoms with Crippen molar-refractivity contribution in [2.45, 2.75) is 19.5 Å². The molecule has 3 aromatic heterocycles. The summed E-state index contributed by atoms with van der Waals surface area (Å²) in [7, 11) is 0. The summed E-state index contributed by atoms with van der Waals surface area (Å²) in [5.74, 6) is 0.358. The summed E-state index contributed by atoms with van der Waals surface area (Å²) < 4.78 is 16.6. The Morgan fingerprint density at radius 2 is 2.12 bits per heavy atom. The van der Waals surface area contributed by atoms with E-state index >= 15 is 4.39 Å². The lowest BCUT2D eigenvalue weighted by Crippen LogP contribution is -2.58. The molecule has 6 nitrogen and oxygen atoms in total. The number of amides is 1. The van der Waals surface area contributed by atoms with E-state index < -0.39 is 5.67 Å². The maximum atomic E-state index is 15.0. The van der Waals surface area contributed by atoms with E-state index in [2.05, 4.69) is 15.1 Å². The lowest BCUT2D eigenvalue weighted by molar-refractivity contribution is -0.144. The van der Waals surface area contributed by atoms with Crippen molar-refractivity contribution in [1.82, 2.24) is 24.6 Å². The molecule has 0 radical (unpaired) electrons. The van der Waals surface area contributed by atoms with Gasteiger partial charge >= 0.3 is 0 Å². The first-order valence-electron chi connectivity index (χ1n) is 7.81. The van der Waals surface area contributed by atoms with Gasteiger partial charge in [0.05, 0.1) is 30.0 Å². The third kappa shape index (κ3) is 2.55.